The zero-order chi connectivity index (χ0) is 17.5. The number of carbonyl (C=O) groups excluding carboxylic acids is 1. The monoisotopic (exact) mass is 340 g/mol. The fourth-order valence-corrected chi connectivity index (χ4v) is 3.26. The normalized spacial score (nSPS) is 19.4. The maximum atomic E-state index is 13.7. The third-order valence-electron chi connectivity index (χ3n) is 4.71. The molecule has 0 bridgehead atoms. The van der Waals surface area contributed by atoms with Gasteiger partial charge in [-0.2, -0.15) is 0 Å². The summed E-state index contributed by atoms with van der Waals surface area (Å²) in [6.07, 6.45) is 3.87. The van der Waals surface area contributed by atoms with Crippen molar-refractivity contribution in [2.75, 3.05) is 26.2 Å². The topological polar surface area (TPSA) is 52.6 Å². The van der Waals surface area contributed by atoms with Crippen LogP contribution in [0.2, 0.25) is 0 Å². The summed E-state index contributed by atoms with van der Waals surface area (Å²) in [7, 11) is 0. The lowest BCUT2D eigenvalue weighted by Gasteiger charge is -2.22. The van der Waals surface area contributed by atoms with E-state index in [0.29, 0.717) is 6.54 Å². The van der Waals surface area contributed by atoms with Gasteiger partial charge < -0.3 is 10.4 Å². The fourth-order valence-electron chi connectivity index (χ4n) is 3.26. The number of halogens is 2. The number of hydrogen-bond acceptors (Lipinski definition) is 3. The predicted molar refractivity (Wildman–Crippen MR) is 88.7 cm³/mol. The molecule has 2 N–H and O–H groups in total. The Morgan fingerprint density at radius 2 is 2.08 bits per heavy atom. The molecule has 1 aliphatic rings. The van der Waals surface area contributed by atoms with E-state index in [0.717, 1.165) is 50.9 Å². The maximum Gasteiger partial charge on any atom is 0.227 e. The number of aliphatic hydroxyl groups is 1. The molecule has 0 aliphatic carbocycles. The van der Waals surface area contributed by atoms with Gasteiger partial charge in [0.2, 0.25) is 5.91 Å². The molecule has 1 saturated heterocycles. The molecule has 1 amide bonds. The number of unbranched alkanes of at least 4 members (excludes halogenated alkanes) is 1. The molecule has 1 aromatic carbocycles. The molecule has 24 heavy (non-hydrogen) atoms. The number of nitrogens with one attached hydrogen (secondary N) is 1. The van der Waals surface area contributed by atoms with Crippen LogP contribution >= 0.6 is 0 Å². The maximum absolute atomic E-state index is 13.7. The van der Waals surface area contributed by atoms with E-state index >= 15 is 0 Å². The number of amides is 1. The molecule has 0 saturated carbocycles. The number of likely N-dealkylation sites (tertiary alicyclic amines) is 1. The van der Waals surface area contributed by atoms with Gasteiger partial charge in [-0.05, 0) is 57.8 Å². The minimum atomic E-state index is -0.858. The second-order valence-electron chi connectivity index (χ2n) is 6.37. The first kappa shape index (κ1) is 18.8. The zero-order valence-corrected chi connectivity index (χ0v) is 14.1. The lowest BCUT2D eigenvalue weighted by molar-refractivity contribution is -0.122. The Bertz CT molecular complexity index is 534. The number of rotatable bonds is 8. The van der Waals surface area contributed by atoms with E-state index in [4.69, 9.17) is 0 Å². The Hall–Kier alpha value is -1.53. The van der Waals surface area contributed by atoms with Gasteiger partial charge in [0.05, 0.1) is 12.5 Å². The highest BCUT2D eigenvalue weighted by Gasteiger charge is 2.23. The molecule has 2 rings (SSSR count). The van der Waals surface area contributed by atoms with Crippen LogP contribution in [-0.4, -0.2) is 48.2 Å². The summed E-state index contributed by atoms with van der Waals surface area (Å²) >= 11 is 0. The lowest BCUT2D eigenvalue weighted by atomic mass is 9.99. The van der Waals surface area contributed by atoms with E-state index < -0.39 is 17.6 Å². The molecular formula is C18H26F2N2O2. The second kappa shape index (κ2) is 9.08. The molecule has 0 radical (unpaired) electrons. The summed E-state index contributed by atoms with van der Waals surface area (Å²) in [6, 6.07) is 3.88. The van der Waals surface area contributed by atoms with Gasteiger partial charge in [-0.1, -0.05) is 6.07 Å². The molecule has 2 atom stereocenters. The minimum Gasteiger partial charge on any atom is -0.395 e. The van der Waals surface area contributed by atoms with E-state index in [1.165, 1.54) is 13.0 Å². The smallest absolute Gasteiger partial charge is 0.227 e. The molecule has 4 nitrogen and oxygen atoms in total. The summed E-state index contributed by atoms with van der Waals surface area (Å²) in [5.74, 6) is -2.61. The fraction of sp³-hybridized carbons (Fsp3) is 0.611. The van der Waals surface area contributed by atoms with Crippen molar-refractivity contribution in [3.8, 4) is 0 Å². The number of nitrogens with zero attached hydrogens (tertiary/aromatic N) is 1. The van der Waals surface area contributed by atoms with Gasteiger partial charge in [-0.15, -0.1) is 0 Å². The van der Waals surface area contributed by atoms with Gasteiger partial charge in [0.25, 0.3) is 0 Å². The average molecular weight is 340 g/mol. The third kappa shape index (κ3) is 4.74. The first-order valence-electron chi connectivity index (χ1n) is 8.61. The van der Waals surface area contributed by atoms with Crippen LogP contribution in [0.1, 0.15) is 44.1 Å². The highest BCUT2D eigenvalue weighted by atomic mass is 19.1. The Morgan fingerprint density at radius 1 is 1.38 bits per heavy atom. The van der Waals surface area contributed by atoms with Crippen LogP contribution in [0.3, 0.4) is 0 Å². The van der Waals surface area contributed by atoms with Gasteiger partial charge in [0, 0.05) is 18.2 Å². The second-order valence-corrected chi connectivity index (χ2v) is 6.37. The number of hydrogen-bond donors (Lipinski definition) is 2. The molecule has 1 aliphatic heterocycles. The van der Waals surface area contributed by atoms with Crippen molar-refractivity contribution in [3.63, 3.8) is 0 Å². The van der Waals surface area contributed by atoms with Crippen LogP contribution in [-0.2, 0) is 4.79 Å². The SMILES string of the molecule is CC(C(=O)NCCCCN1CCCC1CO)c1c(F)cccc1F. The predicted octanol–water partition coefficient (Wildman–Crippen LogP) is 2.42. The molecule has 1 aromatic rings. The first-order valence-corrected chi connectivity index (χ1v) is 8.61. The van der Waals surface area contributed by atoms with Gasteiger partial charge in [0.1, 0.15) is 11.6 Å². The van der Waals surface area contributed by atoms with Gasteiger partial charge >= 0.3 is 0 Å². The summed E-state index contributed by atoms with van der Waals surface area (Å²) in [5.41, 5.74) is -0.183. The van der Waals surface area contributed by atoms with Gasteiger partial charge in [0.15, 0.2) is 0 Å². The van der Waals surface area contributed by atoms with Crippen LogP contribution in [0.25, 0.3) is 0 Å². The molecular weight excluding hydrogens is 314 g/mol. The van der Waals surface area contributed by atoms with E-state index in [1.807, 2.05) is 0 Å². The van der Waals surface area contributed by atoms with Crippen molar-refractivity contribution in [2.24, 2.45) is 0 Å². The van der Waals surface area contributed by atoms with Crippen molar-refractivity contribution < 1.29 is 18.7 Å². The van der Waals surface area contributed by atoms with Crippen molar-refractivity contribution in [2.45, 2.75) is 44.6 Å². The van der Waals surface area contributed by atoms with E-state index in [9.17, 15) is 18.7 Å². The zero-order valence-electron chi connectivity index (χ0n) is 14.1. The standard InChI is InChI=1S/C18H26F2N2O2/c1-13(17-15(19)7-4-8-16(17)20)18(24)21-9-2-3-10-22-11-5-6-14(22)12-23/h4,7-8,13-14,23H,2-3,5-6,9-12H2,1H3,(H,21,24). The van der Waals surface area contributed by atoms with E-state index in [2.05, 4.69) is 10.2 Å². The summed E-state index contributed by atoms with van der Waals surface area (Å²) in [4.78, 5) is 14.4. The van der Waals surface area contributed by atoms with Crippen molar-refractivity contribution in [1.82, 2.24) is 10.2 Å². The van der Waals surface area contributed by atoms with Crippen molar-refractivity contribution in [3.05, 3.63) is 35.4 Å². The highest BCUT2D eigenvalue weighted by molar-refractivity contribution is 5.83. The van der Waals surface area contributed by atoms with Crippen LogP contribution < -0.4 is 5.32 Å². The minimum absolute atomic E-state index is 0.183. The van der Waals surface area contributed by atoms with Crippen molar-refractivity contribution >= 4 is 5.91 Å². The van der Waals surface area contributed by atoms with Crippen LogP contribution in [0, 0.1) is 11.6 Å². The number of aliphatic hydroxyl groups excluding tert-OH is 1. The van der Waals surface area contributed by atoms with Gasteiger partial charge in [-0.3, -0.25) is 9.69 Å². The molecule has 0 aromatic heterocycles. The number of benzene rings is 1. The van der Waals surface area contributed by atoms with Crippen LogP contribution in [0.15, 0.2) is 18.2 Å². The molecule has 0 spiro atoms. The summed E-state index contributed by atoms with van der Waals surface area (Å²) in [5, 5.41) is 12.0. The molecule has 134 valence electrons. The van der Waals surface area contributed by atoms with Crippen LogP contribution in [0.4, 0.5) is 8.78 Å². The van der Waals surface area contributed by atoms with Crippen molar-refractivity contribution in [1.29, 1.82) is 0 Å². The lowest BCUT2D eigenvalue weighted by Crippen LogP contribution is -2.34. The quantitative estimate of drug-likeness (QED) is 0.715. The van der Waals surface area contributed by atoms with E-state index in [1.54, 1.807) is 0 Å². The summed E-state index contributed by atoms with van der Waals surface area (Å²) < 4.78 is 27.4. The first-order chi connectivity index (χ1) is 11.5. The molecule has 1 fully saturated rings. The van der Waals surface area contributed by atoms with Gasteiger partial charge in [-0.25, -0.2) is 8.78 Å². The Balaban J connectivity index is 1.71. The van der Waals surface area contributed by atoms with E-state index in [-0.39, 0.29) is 24.1 Å². The molecule has 2 unspecified atom stereocenters. The third-order valence-corrected chi connectivity index (χ3v) is 4.71. The molecule has 1 heterocycles. The Kier molecular flexibility index (Phi) is 7.12. The average Bonchev–Trinajstić information content (AvgIpc) is 3.01. The number of carbonyl (C=O) groups is 1. The molecule has 6 heteroatoms. The Labute approximate surface area is 141 Å². The highest BCUT2D eigenvalue weighted by Crippen LogP contribution is 2.22. The Morgan fingerprint density at radius 3 is 2.75 bits per heavy atom. The summed E-state index contributed by atoms with van der Waals surface area (Å²) in [6.45, 7) is 4.10. The largest absolute Gasteiger partial charge is 0.395 e. The van der Waals surface area contributed by atoms with Crippen LogP contribution in [0.5, 0.6) is 0 Å².